The quantitative estimate of drug-likeness (QED) is 0.349. The third kappa shape index (κ3) is 7.66. The molecule has 2 aromatic rings. The average molecular weight is 430 g/mol. The molecule has 2 aromatic carbocycles. The van der Waals surface area contributed by atoms with Crippen molar-refractivity contribution in [2.24, 2.45) is 5.73 Å². The summed E-state index contributed by atoms with van der Waals surface area (Å²) in [4.78, 5) is 36.8. The van der Waals surface area contributed by atoms with Crippen LogP contribution in [-0.4, -0.2) is 50.2 Å². The molecule has 2 rings (SSSR count). The number of benzene rings is 2. The van der Waals surface area contributed by atoms with Gasteiger partial charge in [0.05, 0.1) is 25.7 Å². The summed E-state index contributed by atoms with van der Waals surface area (Å²) in [6, 6.07) is 11.7. The third-order valence-corrected chi connectivity index (χ3v) is 4.78. The lowest BCUT2D eigenvalue weighted by atomic mass is 10.0. The predicted molar refractivity (Wildman–Crippen MR) is 118 cm³/mol. The molecule has 0 saturated carbocycles. The Bertz CT molecular complexity index is 881. The van der Waals surface area contributed by atoms with Gasteiger partial charge in [0.1, 0.15) is 6.04 Å². The lowest BCUT2D eigenvalue weighted by molar-refractivity contribution is -0.145. The van der Waals surface area contributed by atoms with Crippen molar-refractivity contribution in [2.45, 2.75) is 44.8 Å². The highest BCUT2D eigenvalue weighted by Crippen LogP contribution is 2.18. The molecule has 2 atom stereocenters. The number of esters is 1. The second-order valence-electron chi connectivity index (χ2n) is 7.26. The van der Waals surface area contributed by atoms with Gasteiger partial charge in [-0.25, -0.2) is 0 Å². The van der Waals surface area contributed by atoms with E-state index in [9.17, 15) is 14.4 Å². The molecule has 0 aliphatic heterocycles. The number of ether oxygens (including phenoxy) is 2. The van der Waals surface area contributed by atoms with Gasteiger partial charge in [0.25, 0.3) is 0 Å². The van der Waals surface area contributed by atoms with Gasteiger partial charge in [-0.2, -0.15) is 0 Å². The van der Waals surface area contributed by atoms with Crippen LogP contribution in [-0.2, 0) is 30.4 Å². The molecule has 0 saturated heterocycles. The van der Waals surface area contributed by atoms with E-state index in [2.05, 4.69) is 10.6 Å². The Labute approximate surface area is 182 Å². The van der Waals surface area contributed by atoms with E-state index in [0.29, 0.717) is 13.2 Å². The standard InChI is InChI=1S/C23H31N3O5/c1-3-4-12-31-21(27)13-19(24)22(28)26-20(15-30-2)23(29)25-14-17-10-7-9-16-8-5-6-11-18(16)17/h5-11,19-20H,3-4,12-15,24H2,1-2H3,(H,25,29)(H,26,28)/t19-,20-/m0/s1. The van der Waals surface area contributed by atoms with E-state index < -0.39 is 29.9 Å². The van der Waals surface area contributed by atoms with E-state index in [4.69, 9.17) is 15.2 Å². The molecule has 0 bridgehead atoms. The number of amides is 2. The summed E-state index contributed by atoms with van der Waals surface area (Å²) in [5.41, 5.74) is 6.77. The highest BCUT2D eigenvalue weighted by molar-refractivity contribution is 5.92. The molecular formula is C23H31N3O5. The summed E-state index contributed by atoms with van der Waals surface area (Å²) in [6.07, 6.45) is 1.39. The number of unbranched alkanes of at least 4 members (excludes halogenated alkanes) is 1. The summed E-state index contributed by atoms with van der Waals surface area (Å²) in [5.74, 6) is -1.56. The van der Waals surface area contributed by atoms with Gasteiger partial charge >= 0.3 is 5.97 Å². The molecule has 0 radical (unpaired) electrons. The van der Waals surface area contributed by atoms with E-state index in [-0.39, 0.29) is 13.0 Å². The van der Waals surface area contributed by atoms with Crippen molar-refractivity contribution in [1.82, 2.24) is 10.6 Å². The molecule has 0 aromatic heterocycles. The number of nitrogens with one attached hydrogen (secondary N) is 2. The Balaban J connectivity index is 1.92. The van der Waals surface area contributed by atoms with E-state index >= 15 is 0 Å². The van der Waals surface area contributed by atoms with Gasteiger partial charge in [-0.15, -0.1) is 0 Å². The zero-order chi connectivity index (χ0) is 22.6. The molecule has 0 fully saturated rings. The van der Waals surface area contributed by atoms with Gasteiger partial charge < -0.3 is 25.8 Å². The smallest absolute Gasteiger partial charge is 0.307 e. The number of carbonyl (C=O) groups excluding carboxylic acids is 3. The summed E-state index contributed by atoms with van der Waals surface area (Å²) in [5, 5.41) is 7.50. The fraction of sp³-hybridized carbons (Fsp3) is 0.435. The minimum absolute atomic E-state index is 0.0270. The molecule has 8 heteroatoms. The molecule has 0 aliphatic carbocycles. The molecule has 0 spiro atoms. The van der Waals surface area contributed by atoms with Gasteiger partial charge in [0, 0.05) is 13.7 Å². The molecule has 4 N–H and O–H groups in total. The second kappa shape index (κ2) is 12.7. The van der Waals surface area contributed by atoms with Crippen molar-refractivity contribution in [1.29, 1.82) is 0 Å². The van der Waals surface area contributed by atoms with Crippen molar-refractivity contribution >= 4 is 28.6 Å². The van der Waals surface area contributed by atoms with Crippen molar-refractivity contribution in [3.8, 4) is 0 Å². The molecule has 0 heterocycles. The first-order chi connectivity index (χ1) is 15.0. The zero-order valence-corrected chi connectivity index (χ0v) is 18.1. The number of nitrogens with two attached hydrogens (primary N) is 1. The van der Waals surface area contributed by atoms with Crippen LogP contribution in [0.15, 0.2) is 42.5 Å². The van der Waals surface area contributed by atoms with Crippen LogP contribution in [0.4, 0.5) is 0 Å². The van der Waals surface area contributed by atoms with Crippen LogP contribution in [0.1, 0.15) is 31.7 Å². The normalized spacial score (nSPS) is 12.7. The fourth-order valence-corrected chi connectivity index (χ4v) is 3.04. The van der Waals surface area contributed by atoms with Crippen LogP contribution in [0.2, 0.25) is 0 Å². The van der Waals surface area contributed by atoms with E-state index in [1.54, 1.807) is 0 Å². The Morgan fingerprint density at radius 2 is 1.81 bits per heavy atom. The fourth-order valence-electron chi connectivity index (χ4n) is 3.04. The molecular weight excluding hydrogens is 398 g/mol. The third-order valence-electron chi connectivity index (χ3n) is 4.78. The maximum atomic E-state index is 12.7. The monoisotopic (exact) mass is 429 g/mol. The van der Waals surface area contributed by atoms with Gasteiger partial charge in [0.2, 0.25) is 11.8 Å². The highest BCUT2D eigenvalue weighted by Gasteiger charge is 2.25. The van der Waals surface area contributed by atoms with E-state index in [1.807, 2.05) is 49.4 Å². The van der Waals surface area contributed by atoms with Crippen LogP contribution in [0.25, 0.3) is 10.8 Å². The minimum Gasteiger partial charge on any atom is -0.466 e. The molecule has 0 unspecified atom stereocenters. The second-order valence-corrected chi connectivity index (χ2v) is 7.26. The largest absolute Gasteiger partial charge is 0.466 e. The van der Waals surface area contributed by atoms with Gasteiger partial charge in [-0.05, 0) is 22.8 Å². The molecule has 8 nitrogen and oxygen atoms in total. The van der Waals surface area contributed by atoms with Crippen LogP contribution in [0, 0.1) is 0 Å². The first-order valence-electron chi connectivity index (χ1n) is 10.4. The minimum atomic E-state index is -1.11. The Hall–Kier alpha value is -2.97. The Morgan fingerprint density at radius 3 is 2.55 bits per heavy atom. The topological polar surface area (TPSA) is 120 Å². The predicted octanol–water partition coefficient (Wildman–Crippen LogP) is 1.65. The van der Waals surface area contributed by atoms with Gasteiger partial charge in [0.15, 0.2) is 0 Å². The summed E-state index contributed by atoms with van der Waals surface area (Å²) in [7, 11) is 1.43. The maximum Gasteiger partial charge on any atom is 0.307 e. The number of carbonyl (C=O) groups is 3. The highest BCUT2D eigenvalue weighted by atomic mass is 16.5. The van der Waals surface area contributed by atoms with Crippen molar-refractivity contribution in [2.75, 3.05) is 20.3 Å². The van der Waals surface area contributed by atoms with Gasteiger partial charge in [-0.1, -0.05) is 55.8 Å². The SMILES string of the molecule is CCCCOC(=O)C[C@H](N)C(=O)N[C@@H](COC)C(=O)NCc1cccc2ccccc12. The first-order valence-corrected chi connectivity index (χ1v) is 10.4. The number of hydrogen-bond donors (Lipinski definition) is 3. The summed E-state index contributed by atoms with van der Waals surface area (Å²) in [6.45, 7) is 2.55. The van der Waals surface area contributed by atoms with E-state index in [1.165, 1.54) is 7.11 Å². The Morgan fingerprint density at radius 1 is 1.06 bits per heavy atom. The first kappa shape index (κ1) is 24.3. The molecule has 0 aliphatic rings. The average Bonchev–Trinajstić information content (AvgIpc) is 2.77. The van der Waals surface area contributed by atoms with Crippen LogP contribution in [0.3, 0.4) is 0 Å². The molecule has 168 valence electrons. The summed E-state index contributed by atoms with van der Waals surface area (Å²) < 4.78 is 10.1. The number of fused-ring (bicyclic) bond motifs is 1. The number of rotatable bonds is 12. The number of hydrogen-bond acceptors (Lipinski definition) is 6. The maximum absolute atomic E-state index is 12.7. The van der Waals surface area contributed by atoms with E-state index in [0.717, 1.165) is 29.2 Å². The zero-order valence-electron chi connectivity index (χ0n) is 18.1. The lowest BCUT2D eigenvalue weighted by Crippen LogP contribution is -2.53. The molecule has 31 heavy (non-hydrogen) atoms. The van der Waals surface area contributed by atoms with Crippen LogP contribution >= 0.6 is 0 Å². The van der Waals surface area contributed by atoms with Gasteiger partial charge in [-0.3, -0.25) is 14.4 Å². The van der Waals surface area contributed by atoms with Crippen molar-refractivity contribution in [3.05, 3.63) is 48.0 Å². The summed E-state index contributed by atoms with van der Waals surface area (Å²) >= 11 is 0. The van der Waals surface area contributed by atoms with Crippen LogP contribution in [0.5, 0.6) is 0 Å². The van der Waals surface area contributed by atoms with Crippen molar-refractivity contribution in [3.63, 3.8) is 0 Å². The Kier molecular flexibility index (Phi) is 9.93. The lowest BCUT2D eigenvalue weighted by Gasteiger charge is -2.20. The number of methoxy groups -OCH3 is 1. The van der Waals surface area contributed by atoms with Crippen molar-refractivity contribution < 1.29 is 23.9 Å². The van der Waals surface area contributed by atoms with Crippen LogP contribution < -0.4 is 16.4 Å². The molecule has 2 amide bonds.